The van der Waals surface area contributed by atoms with Crippen LogP contribution in [0.2, 0.25) is 5.28 Å². The zero-order valence-electron chi connectivity index (χ0n) is 9.19. The van der Waals surface area contributed by atoms with Crippen LogP contribution >= 0.6 is 27.5 Å². The van der Waals surface area contributed by atoms with E-state index in [1.54, 1.807) is 6.07 Å². The van der Waals surface area contributed by atoms with Gasteiger partial charge in [0.05, 0.1) is 6.33 Å². The van der Waals surface area contributed by atoms with E-state index < -0.39 is 5.82 Å². The molecule has 0 bridgehead atoms. The third-order valence-electron chi connectivity index (χ3n) is 2.33. The molecule has 0 saturated carbocycles. The van der Waals surface area contributed by atoms with Crippen LogP contribution in [0, 0.1) is 5.82 Å². The van der Waals surface area contributed by atoms with Crippen molar-refractivity contribution in [2.24, 2.45) is 0 Å². The lowest BCUT2D eigenvalue weighted by Crippen LogP contribution is -1.94. The molecular formula is C11H5BrClFN4O. The fourth-order valence-electron chi connectivity index (χ4n) is 1.52. The Morgan fingerprint density at radius 2 is 2.16 bits per heavy atom. The SMILES string of the molecule is Fc1cc(Br)ccc1Oc1nc(Cl)nc2nc[nH]c12. The lowest BCUT2D eigenvalue weighted by atomic mass is 10.3. The molecule has 2 heterocycles. The number of imidazole rings is 1. The average molecular weight is 344 g/mol. The molecule has 0 spiro atoms. The van der Waals surface area contributed by atoms with Crippen LogP contribution in [0.1, 0.15) is 0 Å². The number of rotatable bonds is 2. The summed E-state index contributed by atoms with van der Waals surface area (Å²) in [7, 11) is 0. The number of H-pyrrole nitrogens is 1. The molecule has 3 aromatic rings. The van der Waals surface area contributed by atoms with E-state index in [0.717, 1.165) is 0 Å². The van der Waals surface area contributed by atoms with Gasteiger partial charge >= 0.3 is 0 Å². The highest BCUT2D eigenvalue weighted by atomic mass is 79.9. The molecule has 0 amide bonds. The summed E-state index contributed by atoms with van der Waals surface area (Å²) >= 11 is 8.92. The molecule has 19 heavy (non-hydrogen) atoms. The fraction of sp³-hybridized carbons (Fsp3) is 0. The minimum Gasteiger partial charge on any atom is -0.434 e. The Morgan fingerprint density at radius 3 is 2.95 bits per heavy atom. The van der Waals surface area contributed by atoms with E-state index in [4.69, 9.17) is 16.3 Å². The third kappa shape index (κ3) is 2.39. The maximum absolute atomic E-state index is 13.7. The van der Waals surface area contributed by atoms with Gasteiger partial charge in [-0.15, -0.1) is 0 Å². The van der Waals surface area contributed by atoms with Crippen LogP contribution in [-0.2, 0) is 0 Å². The standard InChI is InChI=1S/C11H5BrClFN4O/c12-5-1-2-7(6(14)3-5)19-10-8-9(16-4-15-8)17-11(13)18-10/h1-4H,(H,15,16,17,18). The van der Waals surface area contributed by atoms with Crippen LogP contribution in [0.5, 0.6) is 11.6 Å². The zero-order valence-corrected chi connectivity index (χ0v) is 11.5. The second kappa shape index (κ2) is 4.75. The van der Waals surface area contributed by atoms with Gasteiger partial charge in [0.1, 0.15) is 5.52 Å². The predicted molar refractivity (Wildman–Crippen MR) is 70.9 cm³/mol. The first kappa shape index (κ1) is 12.3. The van der Waals surface area contributed by atoms with Crippen molar-refractivity contribution in [1.82, 2.24) is 19.9 Å². The van der Waals surface area contributed by atoms with Crippen molar-refractivity contribution in [3.63, 3.8) is 0 Å². The number of halogens is 3. The monoisotopic (exact) mass is 342 g/mol. The van der Waals surface area contributed by atoms with Gasteiger partial charge in [-0.05, 0) is 29.8 Å². The lowest BCUT2D eigenvalue weighted by Gasteiger charge is -2.06. The Labute approximate surface area is 119 Å². The van der Waals surface area contributed by atoms with Crippen molar-refractivity contribution in [3.8, 4) is 11.6 Å². The van der Waals surface area contributed by atoms with Gasteiger partial charge in [-0.25, -0.2) is 9.37 Å². The van der Waals surface area contributed by atoms with Gasteiger partial charge in [0.25, 0.3) is 0 Å². The number of hydrogen-bond acceptors (Lipinski definition) is 4. The number of fused-ring (bicyclic) bond motifs is 1. The highest BCUT2D eigenvalue weighted by Gasteiger charge is 2.13. The molecule has 0 atom stereocenters. The van der Waals surface area contributed by atoms with E-state index in [1.165, 1.54) is 18.5 Å². The maximum atomic E-state index is 13.7. The van der Waals surface area contributed by atoms with E-state index in [-0.39, 0.29) is 16.9 Å². The quantitative estimate of drug-likeness (QED) is 0.721. The normalized spacial score (nSPS) is 10.9. The summed E-state index contributed by atoms with van der Waals surface area (Å²) in [5, 5.41) is -0.0212. The van der Waals surface area contributed by atoms with Crippen LogP contribution in [-0.4, -0.2) is 19.9 Å². The van der Waals surface area contributed by atoms with Crippen molar-refractivity contribution >= 4 is 38.7 Å². The largest absolute Gasteiger partial charge is 0.434 e. The summed E-state index contributed by atoms with van der Waals surface area (Å²) in [4.78, 5) is 14.6. The maximum Gasteiger partial charge on any atom is 0.250 e. The van der Waals surface area contributed by atoms with Crippen molar-refractivity contribution in [2.75, 3.05) is 0 Å². The van der Waals surface area contributed by atoms with Crippen LogP contribution in [0.3, 0.4) is 0 Å². The Balaban J connectivity index is 2.07. The van der Waals surface area contributed by atoms with Crippen molar-refractivity contribution in [2.45, 2.75) is 0 Å². The number of aromatic nitrogens is 4. The minimum absolute atomic E-state index is 0.0212. The van der Waals surface area contributed by atoms with E-state index in [1.807, 2.05) is 0 Å². The van der Waals surface area contributed by atoms with Gasteiger partial charge in [0, 0.05) is 4.47 Å². The van der Waals surface area contributed by atoms with Crippen LogP contribution < -0.4 is 4.74 Å². The molecule has 3 rings (SSSR count). The van der Waals surface area contributed by atoms with E-state index in [0.29, 0.717) is 15.6 Å². The highest BCUT2D eigenvalue weighted by Crippen LogP contribution is 2.29. The summed E-state index contributed by atoms with van der Waals surface area (Å²) in [6.45, 7) is 0. The van der Waals surface area contributed by atoms with Gasteiger partial charge in [-0.2, -0.15) is 9.97 Å². The minimum atomic E-state index is -0.517. The zero-order chi connectivity index (χ0) is 13.4. The van der Waals surface area contributed by atoms with E-state index in [9.17, 15) is 4.39 Å². The van der Waals surface area contributed by atoms with Gasteiger partial charge in [0.2, 0.25) is 11.2 Å². The number of hydrogen-bond donors (Lipinski definition) is 1. The van der Waals surface area contributed by atoms with E-state index >= 15 is 0 Å². The molecule has 0 aliphatic carbocycles. The first-order chi connectivity index (χ1) is 9.13. The molecule has 8 heteroatoms. The van der Waals surface area contributed by atoms with Crippen molar-refractivity contribution in [1.29, 1.82) is 0 Å². The third-order valence-corrected chi connectivity index (χ3v) is 2.99. The molecule has 2 aromatic heterocycles. The Hall–Kier alpha value is -1.73. The van der Waals surface area contributed by atoms with Gasteiger partial charge in [-0.3, -0.25) is 0 Å². The fourth-order valence-corrected chi connectivity index (χ4v) is 2.01. The Morgan fingerprint density at radius 1 is 1.32 bits per heavy atom. The molecule has 0 fully saturated rings. The molecule has 0 radical (unpaired) electrons. The molecule has 1 aromatic carbocycles. The van der Waals surface area contributed by atoms with Crippen molar-refractivity contribution in [3.05, 3.63) is 40.1 Å². The highest BCUT2D eigenvalue weighted by molar-refractivity contribution is 9.10. The molecule has 0 unspecified atom stereocenters. The van der Waals surface area contributed by atoms with E-state index in [2.05, 4.69) is 35.9 Å². The molecule has 0 saturated heterocycles. The van der Waals surface area contributed by atoms with Gasteiger partial charge in [0.15, 0.2) is 17.2 Å². The summed E-state index contributed by atoms with van der Waals surface area (Å²) < 4.78 is 19.7. The smallest absolute Gasteiger partial charge is 0.250 e. The summed E-state index contributed by atoms with van der Waals surface area (Å²) in [6.07, 6.45) is 1.43. The first-order valence-corrected chi connectivity index (χ1v) is 6.30. The number of nitrogens with zero attached hydrogens (tertiary/aromatic N) is 3. The lowest BCUT2D eigenvalue weighted by molar-refractivity contribution is 0.430. The summed E-state index contributed by atoms with van der Waals surface area (Å²) in [6, 6.07) is 4.44. The van der Waals surface area contributed by atoms with Crippen LogP contribution in [0.4, 0.5) is 4.39 Å². The topological polar surface area (TPSA) is 63.7 Å². The molecule has 1 N–H and O–H groups in total. The summed E-state index contributed by atoms with van der Waals surface area (Å²) in [5.74, 6) is -0.362. The Kier molecular flexibility index (Phi) is 3.08. The second-order valence-corrected chi connectivity index (χ2v) is 4.83. The molecular weight excluding hydrogens is 339 g/mol. The molecule has 0 aliphatic heterocycles. The predicted octanol–water partition coefficient (Wildman–Crippen LogP) is 3.70. The second-order valence-electron chi connectivity index (χ2n) is 3.58. The first-order valence-electron chi connectivity index (χ1n) is 5.13. The van der Waals surface area contributed by atoms with Crippen LogP contribution in [0.25, 0.3) is 11.2 Å². The summed E-state index contributed by atoms with van der Waals surface area (Å²) in [5.41, 5.74) is 0.805. The number of nitrogens with one attached hydrogen (secondary N) is 1. The van der Waals surface area contributed by atoms with Crippen molar-refractivity contribution < 1.29 is 9.13 Å². The van der Waals surface area contributed by atoms with Crippen LogP contribution in [0.15, 0.2) is 29.0 Å². The number of ether oxygens (including phenoxy) is 1. The molecule has 0 aliphatic rings. The molecule has 5 nitrogen and oxygen atoms in total. The van der Waals surface area contributed by atoms with Gasteiger partial charge in [-0.1, -0.05) is 15.9 Å². The number of aromatic amines is 1. The Bertz CT molecular complexity index is 764. The van der Waals surface area contributed by atoms with Gasteiger partial charge < -0.3 is 9.72 Å². The molecule has 96 valence electrons. The number of benzene rings is 1. The average Bonchev–Trinajstić information content (AvgIpc) is 2.80.